The van der Waals surface area contributed by atoms with E-state index in [1.807, 2.05) is 78.9 Å². The summed E-state index contributed by atoms with van der Waals surface area (Å²) in [7, 11) is 0. The first-order chi connectivity index (χ1) is 12.7. The van der Waals surface area contributed by atoms with Crippen LogP contribution in [0.5, 0.6) is 5.75 Å². The molecule has 3 N–H and O–H groups in total. The topological polar surface area (TPSA) is 61.7 Å². The Morgan fingerprint density at radius 2 is 1.62 bits per heavy atom. The fraction of sp³-hybridized carbons (Fsp3) is 0.182. The van der Waals surface area contributed by atoms with Gasteiger partial charge in [-0.2, -0.15) is 0 Å². The van der Waals surface area contributed by atoms with Gasteiger partial charge in [-0.25, -0.2) is 0 Å². The number of hydrogen-bond donors (Lipinski definition) is 3. The van der Waals surface area contributed by atoms with E-state index in [0.717, 1.165) is 28.1 Å². The number of nitrogens with one attached hydrogen (secondary N) is 1. The van der Waals surface area contributed by atoms with Crippen LogP contribution >= 0.6 is 0 Å². The lowest BCUT2D eigenvalue weighted by molar-refractivity contribution is 0.105. The van der Waals surface area contributed by atoms with Crippen molar-refractivity contribution in [1.82, 2.24) is 0 Å². The molecule has 3 rings (SSSR count). The second-order valence-electron chi connectivity index (χ2n) is 6.10. The SMILES string of the molecule is OCC(O)CNc1cccc(-c2ccc(OCc3ccccc3)cc2)c1. The Labute approximate surface area is 153 Å². The second kappa shape index (κ2) is 9.04. The van der Waals surface area contributed by atoms with Crippen LogP contribution in [-0.2, 0) is 6.61 Å². The van der Waals surface area contributed by atoms with Crippen LogP contribution in [0.3, 0.4) is 0 Å². The molecular weight excluding hydrogens is 326 g/mol. The largest absolute Gasteiger partial charge is 0.489 e. The number of benzene rings is 3. The summed E-state index contributed by atoms with van der Waals surface area (Å²) in [4.78, 5) is 0. The third kappa shape index (κ3) is 5.09. The quantitative estimate of drug-likeness (QED) is 0.580. The van der Waals surface area contributed by atoms with Gasteiger partial charge in [-0.05, 0) is 41.0 Å². The molecule has 0 heterocycles. The fourth-order valence-electron chi connectivity index (χ4n) is 2.59. The average Bonchev–Trinajstić information content (AvgIpc) is 2.72. The van der Waals surface area contributed by atoms with Crippen LogP contribution < -0.4 is 10.1 Å². The van der Waals surface area contributed by atoms with E-state index in [9.17, 15) is 5.11 Å². The molecule has 0 bridgehead atoms. The molecular formula is C22H23NO3. The zero-order valence-electron chi connectivity index (χ0n) is 14.5. The Kier molecular flexibility index (Phi) is 6.25. The second-order valence-corrected chi connectivity index (χ2v) is 6.10. The van der Waals surface area contributed by atoms with Gasteiger partial charge in [-0.3, -0.25) is 0 Å². The summed E-state index contributed by atoms with van der Waals surface area (Å²) in [5.41, 5.74) is 4.20. The van der Waals surface area contributed by atoms with Crippen LogP contribution in [0, 0.1) is 0 Å². The predicted octanol–water partition coefficient (Wildman–Crippen LogP) is 3.70. The molecule has 0 fully saturated rings. The summed E-state index contributed by atoms with van der Waals surface area (Å²) in [5.74, 6) is 0.831. The Bertz CT molecular complexity index is 803. The van der Waals surface area contributed by atoms with E-state index in [2.05, 4.69) is 5.32 Å². The molecule has 0 aromatic heterocycles. The minimum Gasteiger partial charge on any atom is -0.489 e. The molecule has 0 radical (unpaired) electrons. The Hall–Kier alpha value is -2.82. The molecule has 1 unspecified atom stereocenters. The van der Waals surface area contributed by atoms with Gasteiger partial charge in [0.25, 0.3) is 0 Å². The zero-order valence-corrected chi connectivity index (χ0v) is 14.5. The molecule has 26 heavy (non-hydrogen) atoms. The van der Waals surface area contributed by atoms with Gasteiger partial charge in [0.2, 0.25) is 0 Å². The van der Waals surface area contributed by atoms with Gasteiger partial charge in [0, 0.05) is 12.2 Å². The Balaban J connectivity index is 1.62. The standard InChI is InChI=1S/C22H23NO3/c24-15-21(25)14-23-20-8-4-7-19(13-20)18-9-11-22(12-10-18)26-16-17-5-2-1-3-6-17/h1-13,21,23-25H,14-16H2. The molecule has 4 heteroatoms. The molecule has 0 aliphatic rings. The van der Waals surface area contributed by atoms with Crippen molar-refractivity contribution in [2.45, 2.75) is 12.7 Å². The van der Waals surface area contributed by atoms with Crippen LogP contribution in [0.25, 0.3) is 11.1 Å². The summed E-state index contributed by atoms with van der Waals surface area (Å²) in [6.07, 6.45) is -0.764. The van der Waals surface area contributed by atoms with E-state index in [-0.39, 0.29) is 6.61 Å². The Morgan fingerprint density at radius 3 is 2.35 bits per heavy atom. The smallest absolute Gasteiger partial charge is 0.119 e. The lowest BCUT2D eigenvalue weighted by atomic mass is 10.0. The monoisotopic (exact) mass is 349 g/mol. The van der Waals surface area contributed by atoms with E-state index in [4.69, 9.17) is 9.84 Å². The van der Waals surface area contributed by atoms with Crippen LogP contribution in [0.1, 0.15) is 5.56 Å². The molecule has 1 atom stereocenters. The van der Waals surface area contributed by atoms with E-state index in [0.29, 0.717) is 13.2 Å². The molecule has 0 spiro atoms. The summed E-state index contributed by atoms with van der Waals surface area (Å²) in [6, 6.07) is 26.0. The van der Waals surface area contributed by atoms with Crippen molar-refractivity contribution in [2.75, 3.05) is 18.5 Å². The molecule has 134 valence electrons. The van der Waals surface area contributed by atoms with Crippen LogP contribution in [0.4, 0.5) is 5.69 Å². The highest BCUT2D eigenvalue weighted by molar-refractivity contribution is 5.68. The zero-order chi connectivity index (χ0) is 18.2. The molecule has 3 aromatic rings. The van der Waals surface area contributed by atoms with Gasteiger partial charge in [-0.15, -0.1) is 0 Å². The van der Waals surface area contributed by atoms with Gasteiger partial charge < -0.3 is 20.3 Å². The van der Waals surface area contributed by atoms with Crippen molar-refractivity contribution in [2.24, 2.45) is 0 Å². The number of ether oxygens (including phenoxy) is 1. The number of aliphatic hydroxyl groups is 2. The van der Waals surface area contributed by atoms with Gasteiger partial charge in [0.1, 0.15) is 12.4 Å². The summed E-state index contributed by atoms with van der Waals surface area (Å²) in [5, 5.41) is 21.4. The molecule has 0 amide bonds. The first-order valence-electron chi connectivity index (χ1n) is 8.64. The highest BCUT2D eigenvalue weighted by Crippen LogP contribution is 2.25. The van der Waals surface area contributed by atoms with Gasteiger partial charge in [0.15, 0.2) is 0 Å². The summed E-state index contributed by atoms with van der Waals surface area (Å²) in [6.45, 7) is 0.607. The van der Waals surface area contributed by atoms with Gasteiger partial charge >= 0.3 is 0 Å². The lowest BCUT2D eigenvalue weighted by Crippen LogP contribution is -2.22. The third-order valence-corrected chi connectivity index (χ3v) is 4.05. The van der Waals surface area contributed by atoms with E-state index >= 15 is 0 Å². The first-order valence-corrected chi connectivity index (χ1v) is 8.64. The number of rotatable bonds is 8. The molecule has 3 aromatic carbocycles. The number of aliphatic hydroxyl groups excluding tert-OH is 2. The molecule has 0 aliphatic heterocycles. The maximum Gasteiger partial charge on any atom is 0.119 e. The first kappa shape index (κ1) is 18.0. The third-order valence-electron chi connectivity index (χ3n) is 4.05. The molecule has 0 saturated carbocycles. The Morgan fingerprint density at radius 1 is 0.846 bits per heavy atom. The number of anilines is 1. The van der Waals surface area contributed by atoms with E-state index in [1.165, 1.54) is 0 Å². The maximum absolute atomic E-state index is 9.44. The fourth-order valence-corrected chi connectivity index (χ4v) is 2.59. The molecule has 0 aliphatic carbocycles. The van der Waals surface area contributed by atoms with Crippen LogP contribution in [0.15, 0.2) is 78.9 Å². The predicted molar refractivity (Wildman–Crippen MR) is 104 cm³/mol. The molecule has 4 nitrogen and oxygen atoms in total. The lowest BCUT2D eigenvalue weighted by Gasteiger charge is -2.12. The normalized spacial score (nSPS) is 11.8. The molecule has 0 saturated heterocycles. The van der Waals surface area contributed by atoms with Crippen molar-refractivity contribution in [3.05, 3.63) is 84.4 Å². The average molecular weight is 349 g/mol. The minimum atomic E-state index is -0.764. The van der Waals surface area contributed by atoms with Crippen LogP contribution in [0.2, 0.25) is 0 Å². The van der Waals surface area contributed by atoms with Gasteiger partial charge in [0.05, 0.1) is 12.7 Å². The van der Waals surface area contributed by atoms with Crippen molar-refractivity contribution in [3.8, 4) is 16.9 Å². The summed E-state index contributed by atoms with van der Waals surface area (Å²) < 4.78 is 5.82. The van der Waals surface area contributed by atoms with E-state index < -0.39 is 6.10 Å². The van der Waals surface area contributed by atoms with Gasteiger partial charge in [-0.1, -0.05) is 54.6 Å². The van der Waals surface area contributed by atoms with Crippen molar-refractivity contribution >= 4 is 5.69 Å². The van der Waals surface area contributed by atoms with E-state index in [1.54, 1.807) is 0 Å². The maximum atomic E-state index is 9.44. The van der Waals surface area contributed by atoms with Crippen molar-refractivity contribution in [1.29, 1.82) is 0 Å². The van der Waals surface area contributed by atoms with Crippen molar-refractivity contribution in [3.63, 3.8) is 0 Å². The highest BCUT2D eigenvalue weighted by Gasteiger charge is 2.04. The highest BCUT2D eigenvalue weighted by atomic mass is 16.5. The number of hydrogen-bond acceptors (Lipinski definition) is 4. The summed E-state index contributed by atoms with van der Waals surface area (Å²) >= 11 is 0. The minimum absolute atomic E-state index is 0.253. The van der Waals surface area contributed by atoms with Crippen LogP contribution in [-0.4, -0.2) is 29.5 Å². The van der Waals surface area contributed by atoms with Crippen molar-refractivity contribution < 1.29 is 14.9 Å².